The van der Waals surface area contributed by atoms with E-state index in [4.69, 9.17) is 4.74 Å². The van der Waals surface area contributed by atoms with E-state index < -0.39 is 5.60 Å². The Kier molecular flexibility index (Phi) is 7.20. The minimum absolute atomic E-state index is 0.0758. The van der Waals surface area contributed by atoms with Gasteiger partial charge in [-0.05, 0) is 83.7 Å². The van der Waals surface area contributed by atoms with Crippen LogP contribution in [-0.2, 0) is 4.74 Å². The Bertz CT molecular complexity index is 1250. The summed E-state index contributed by atoms with van der Waals surface area (Å²) >= 11 is 0. The highest BCUT2D eigenvalue weighted by Gasteiger charge is 2.32. The number of anilines is 1. The number of nitrogens with one attached hydrogen (secondary N) is 1. The van der Waals surface area contributed by atoms with Crippen molar-refractivity contribution in [3.63, 3.8) is 0 Å². The molecule has 1 saturated heterocycles. The van der Waals surface area contributed by atoms with Crippen molar-refractivity contribution in [3.05, 3.63) is 76.6 Å². The molecular weight excluding hydrogens is 452 g/mol. The molecule has 2 amide bonds. The Morgan fingerprint density at radius 2 is 1.61 bits per heavy atom. The maximum absolute atomic E-state index is 13.5. The molecule has 36 heavy (non-hydrogen) atoms. The summed E-state index contributed by atoms with van der Waals surface area (Å²) in [4.78, 5) is 27.9. The molecule has 1 aromatic heterocycles. The zero-order chi connectivity index (χ0) is 26.0. The fraction of sp³-hybridized carbons (Fsp3) is 0.414. The minimum Gasteiger partial charge on any atom is -0.444 e. The number of nitrogens with zero attached hydrogens (tertiary/aromatic N) is 3. The van der Waals surface area contributed by atoms with Crippen LogP contribution in [0.1, 0.15) is 72.3 Å². The van der Waals surface area contributed by atoms with Crippen LogP contribution in [-0.4, -0.2) is 45.4 Å². The van der Waals surface area contributed by atoms with Gasteiger partial charge in [-0.1, -0.05) is 29.8 Å². The summed E-state index contributed by atoms with van der Waals surface area (Å²) in [6.45, 7) is 12.8. The van der Waals surface area contributed by atoms with Crippen LogP contribution in [0.3, 0.4) is 0 Å². The van der Waals surface area contributed by atoms with Crippen molar-refractivity contribution in [2.75, 3.05) is 18.4 Å². The number of rotatable bonds is 4. The molecule has 2 heterocycles. The molecule has 0 unspecified atom stereocenters. The van der Waals surface area contributed by atoms with Crippen molar-refractivity contribution in [2.24, 2.45) is 0 Å². The van der Waals surface area contributed by atoms with E-state index in [1.54, 1.807) is 11.1 Å². The molecule has 0 bridgehead atoms. The molecule has 2 aromatic carbocycles. The number of likely N-dealkylation sites (tertiary alicyclic amines) is 1. The first-order chi connectivity index (χ1) is 17.0. The third kappa shape index (κ3) is 5.78. The van der Waals surface area contributed by atoms with Gasteiger partial charge in [0.2, 0.25) is 0 Å². The highest BCUT2D eigenvalue weighted by molar-refractivity contribution is 6.05. The normalized spacial score (nSPS) is 14.6. The van der Waals surface area contributed by atoms with Gasteiger partial charge in [0.05, 0.1) is 23.1 Å². The predicted octanol–water partition coefficient (Wildman–Crippen LogP) is 6.16. The average Bonchev–Trinajstić information content (AvgIpc) is 3.26. The van der Waals surface area contributed by atoms with Crippen molar-refractivity contribution in [1.82, 2.24) is 14.7 Å². The molecule has 4 rings (SSSR count). The summed E-state index contributed by atoms with van der Waals surface area (Å²) in [5.41, 5.74) is 5.87. The molecule has 0 saturated carbocycles. The molecule has 0 atom stereocenters. The summed E-state index contributed by atoms with van der Waals surface area (Å²) < 4.78 is 7.44. The van der Waals surface area contributed by atoms with Gasteiger partial charge in [-0.25, -0.2) is 9.48 Å². The number of ether oxygens (including phenoxy) is 1. The molecule has 190 valence electrons. The number of aromatic nitrogens is 2. The van der Waals surface area contributed by atoms with E-state index in [1.807, 2.05) is 88.7 Å². The predicted molar refractivity (Wildman–Crippen MR) is 142 cm³/mol. The van der Waals surface area contributed by atoms with E-state index in [0.29, 0.717) is 18.7 Å². The third-order valence-corrected chi connectivity index (χ3v) is 6.50. The van der Waals surface area contributed by atoms with Gasteiger partial charge in [-0.15, -0.1) is 0 Å². The quantitative estimate of drug-likeness (QED) is 0.477. The van der Waals surface area contributed by atoms with Gasteiger partial charge in [0.25, 0.3) is 5.91 Å². The van der Waals surface area contributed by atoms with E-state index in [-0.39, 0.29) is 17.9 Å². The third-order valence-electron chi connectivity index (χ3n) is 6.50. The number of benzene rings is 2. The van der Waals surface area contributed by atoms with E-state index >= 15 is 0 Å². The summed E-state index contributed by atoms with van der Waals surface area (Å²) in [6.07, 6.45) is 2.82. The van der Waals surface area contributed by atoms with E-state index in [1.165, 1.54) is 0 Å². The number of aryl methyl sites for hydroxylation is 3. The number of hydrogen-bond donors (Lipinski definition) is 1. The number of hydrogen-bond acceptors (Lipinski definition) is 4. The monoisotopic (exact) mass is 488 g/mol. The fourth-order valence-electron chi connectivity index (χ4n) is 4.54. The zero-order valence-electron chi connectivity index (χ0n) is 22.1. The van der Waals surface area contributed by atoms with E-state index in [0.717, 1.165) is 46.6 Å². The molecule has 3 aromatic rings. The van der Waals surface area contributed by atoms with Crippen LogP contribution >= 0.6 is 0 Å². The number of carbonyl (C=O) groups is 2. The van der Waals surface area contributed by atoms with Gasteiger partial charge in [-0.3, -0.25) is 4.79 Å². The fourth-order valence-corrected chi connectivity index (χ4v) is 4.54. The minimum atomic E-state index is -0.531. The van der Waals surface area contributed by atoms with E-state index in [9.17, 15) is 9.59 Å². The number of carbonyl (C=O) groups excluding carboxylic acids is 2. The SMILES string of the molecule is Cc1ccc(-n2ncc(C(=O)Nc3cc(C)ccc3C)c2C2CCN(C(=O)OC(C)(C)C)CC2)cc1. The molecule has 7 heteroatoms. The lowest BCUT2D eigenvalue weighted by Gasteiger charge is -2.34. The van der Waals surface area contributed by atoms with Crippen LogP contribution in [0.4, 0.5) is 10.5 Å². The maximum atomic E-state index is 13.5. The summed E-state index contributed by atoms with van der Waals surface area (Å²) in [5, 5.41) is 7.74. The van der Waals surface area contributed by atoms with Gasteiger partial charge in [-0.2, -0.15) is 5.10 Å². The number of piperidine rings is 1. The van der Waals surface area contributed by atoms with Crippen molar-refractivity contribution >= 4 is 17.7 Å². The standard InChI is InChI=1S/C29H36N4O3/c1-19-8-11-23(12-9-19)33-26(22-13-15-32(16-14-22)28(35)36-29(4,5)6)24(18-30-33)27(34)31-25-17-20(2)7-10-21(25)3/h7-12,17-18,22H,13-16H2,1-6H3,(H,31,34). The van der Waals surface area contributed by atoms with Crippen molar-refractivity contribution < 1.29 is 14.3 Å². The van der Waals surface area contributed by atoms with Crippen LogP contribution < -0.4 is 5.32 Å². The molecule has 0 radical (unpaired) electrons. The molecular formula is C29H36N4O3. The summed E-state index contributed by atoms with van der Waals surface area (Å²) in [7, 11) is 0. The highest BCUT2D eigenvalue weighted by atomic mass is 16.6. The topological polar surface area (TPSA) is 76.5 Å². The Labute approximate surface area is 213 Å². The van der Waals surface area contributed by atoms with Crippen molar-refractivity contribution in [1.29, 1.82) is 0 Å². The Balaban J connectivity index is 1.63. The lowest BCUT2D eigenvalue weighted by atomic mass is 9.90. The van der Waals surface area contributed by atoms with Crippen LogP contribution in [0.5, 0.6) is 0 Å². The van der Waals surface area contributed by atoms with Gasteiger partial charge >= 0.3 is 6.09 Å². The Morgan fingerprint density at radius 3 is 2.25 bits per heavy atom. The van der Waals surface area contributed by atoms with Crippen molar-refractivity contribution in [3.8, 4) is 5.69 Å². The first-order valence-corrected chi connectivity index (χ1v) is 12.5. The second-order valence-corrected chi connectivity index (χ2v) is 10.7. The van der Waals surface area contributed by atoms with Crippen LogP contribution in [0.25, 0.3) is 5.69 Å². The van der Waals surface area contributed by atoms with Crippen LogP contribution in [0, 0.1) is 20.8 Å². The second-order valence-electron chi connectivity index (χ2n) is 10.7. The average molecular weight is 489 g/mol. The lowest BCUT2D eigenvalue weighted by Crippen LogP contribution is -2.41. The molecule has 1 aliphatic rings. The Hall–Kier alpha value is -3.61. The molecule has 0 aliphatic carbocycles. The summed E-state index contributed by atoms with van der Waals surface area (Å²) in [5.74, 6) is -0.0986. The first-order valence-electron chi connectivity index (χ1n) is 12.5. The zero-order valence-corrected chi connectivity index (χ0v) is 22.1. The van der Waals surface area contributed by atoms with E-state index in [2.05, 4.69) is 10.4 Å². The molecule has 1 aliphatic heterocycles. The van der Waals surface area contributed by atoms with Crippen LogP contribution in [0.2, 0.25) is 0 Å². The molecule has 1 fully saturated rings. The van der Waals surface area contributed by atoms with Gasteiger partial charge < -0.3 is 15.0 Å². The first kappa shape index (κ1) is 25.5. The highest BCUT2D eigenvalue weighted by Crippen LogP contribution is 2.33. The molecule has 7 nitrogen and oxygen atoms in total. The van der Waals surface area contributed by atoms with Crippen molar-refractivity contribution in [2.45, 2.75) is 65.9 Å². The van der Waals surface area contributed by atoms with Crippen LogP contribution in [0.15, 0.2) is 48.7 Å². The maximum Gasteiger partial charge on any atom is 0.410 e. The van der Waals surface area contributed by atoms with Gasteiger partial charge in [0, 0.05) is 24.7 Å². The second kappa shape index (κ2) is 10.2. The largest absolute Gasteiger partial charge is 0.444 e. The Morgan fingerprint density at radius 1 is 0.972 bits per heavy atom. The number of amides is 2. The summed E-state index contributed by atoms with van der Waals surface area (Å²) in [6, 6.07) is 14.2. The smallest absolute Gasteiger partial charge is 0.410 e. The lowest BCUT2D eigenvalue weighted by molar-refractivity contribution is 0.0203. The molecule has 0 spiro atoms. The van der Waals surface area contributed by atoms with Gasteiger partial charge in [0.15, 0.2) is 0 Å². The van der Waals surface area contributed by atoms with Gasteiger partial charge in [0.1, 0.15) is 5.60 Å². The molecule has 1 N–H and O–H groups in total.